The van der Waals surface area contributed by atoms with Gasteiger partial charge in [0.05, 0.1) is 0 Å². The molecule has 0 spiro atoms. The van der Waals surface area contributed by atoms with Gasteiger partial charge in [0.1, 0.15) is 0 Å². The summed E-state index contributed by atoms with van der Waals surface area (Å²) in [4.78, 5) is 23.9. The number of rotatable bonds is 6. The first-order chi connectivity index (χ1) is 10.2. The van der Waals surface area contributed by atoms with Crippen LogP contribution in [0.2, 0.25) is 0 Å². The van der Waals surface area contributed by atoms with Gasteiger partial charge in [-0.15, -0.1) is 12.4 Å². The van der Waals surface area contributed by atoms with Crippen LogP contribution in [-0.4, -0.2) is 30.9 Å². The summed E-state index contributed by atoms with van der Waals surface area (Å²) in [6, 6.07) is 6.71. The quantitative estimate of drug-likeness (QED) is 0.742. The average Bonchev–Trinajstić information content (AvgIpc) is 2.43. The van der Waals surface area contributed by atoms with E-state index in [1.807, 2.05) is 6.92 Å². The minimum atomic E-state index is -0.151. The zero-order chi connectivity index (χ0) is 16.8. The van der Waals surface area contributed by atoms with Crippen LogP contribution < -0.4 is 16.4 Å². The van der Waals surface area contributed by atoms with E-state index in [4.69, 9.17) is 5.73 Å². The molecule has 5 nitrogen and oxygen atoms in total. The van der Waals surface area contributed by atoms with Crippen molar-refractivity contribution in [3.8, 4) is 0 Å². The van der Waals surface area contributed by atoms with Crippen LogP contribution in [0.25, 0.3) is 0 Å². The molecule has 0 aliphatic heterocycles. The topological polar surface area (TPSA) is 84.2 Å². The summed E-state index contributed by atoms with van der Waals surface area (Å²) in [6.07, 6.45) is 0.735. The molecule has 2 amide bonds. The van der Waals surface area contributed by atoms with Gasteiger partial charge in [-0.1, -0.05) is 20.8 Å². The molecular formula is C17H28ClN3O2. The summed E-state index contributed by atoms with van der Waals surface area (Å²) < 4.78 is 0. The number of halogens is 1. The van der Waals surface area contributed by atoms with Crippen LogP contribution in [0.3, 0.4) is 0 Å². The Morgan fingerprint density at radius 3 is 1.87 bits per heavy atom. The van der Waals surface area contributed by atoms with Crippen molar-refractivity contribution >= 4 is 24.2 Å². The van der Waals surface area contributed by atoms with Crippen molar-refractivity contribution in [2.45, 2.75) is 40.2 Å². The Balaban J connectivity index is 0.00000484. The van der Waals surface area contributed by atoms with E-state index in [-0.39, 0.29) is 35.7 Å². The largest absolute Gasteiger partial charge is 0.352 e. The molecule has 1 atom stereocenters. The van der Waals surface area contributed by atoms with Crippen LogP contribution in [0.4, 0.5) is 0 Å². The predicted molar refractivity (Wildman–Crippen MR) is 96.1 cm³/mol. The van der Waals surface area contributed by atoms with Crippen LogP contribution in [0.15, 0.2) is 24.3 Å². The fraction of sp³-hybridized carbons (Fsp3) is 0.529. The minimum Gasteiger partial charge on any atom is -0.352 e. The summed E-state index contributed by atoms with van der Waals surface area (Å²) in [5.41, 5.74) is 6.76. The van der Waals surface area contributed by atoms with Crippen molar-refractivity contribution in [1.82, 2.24) is 10.6 Å². The van der Waals surface area contributed by atoms with E-state index in [0.29, 0.717) is 24.2 Å². The van der Waals surface area contributed by atoms with Gasteiger partial charge in [0.25, 0.3) is 11.8 Å². The number of carbonyl (C=O) groups excluding carboxylic acids is 2. The lowest BCUT2D eigenvalue weighted by Crippen LogP contribution is -2.32. The van der Waals surface area contributed by atoms with Crippen molar-refractivity contribution in [1.29, 1.82) is 0 Å². The van der Waals surface area contributed by atoms with Crippen LogP contribution in [0, 0.1) is 5.41 Å². The molecule has 1 aromatic carbocycles. The maximum Gasteiger partial charge on any atom is 0.251 e. The highest BCUT2D eigenvalue weighted by atomic mass is 35.5. The van der Waals surface area contributed by atoms with E-state index in [1.54, 1.807) is 24.3 Å². The molecule has 0 saturated carbocycles. The monoisotopic (exact) mass is 341 g/mol. The van der Waals surface area contributed by atoms with E-state index < -0.39 is 0 Å². The van der Waals surface area contributed by atoms with Gasteiger partial charge in [-0.05, 0) is 43.0 Å². The predicted octanol–water partition coefficient (Wildman–Crippen LogP) is 2.35. The summed E-state index contributed by atoms with van der Waals surface area (Å²) >= 11 is 0. The molecule has 0 fully saturated rings. The van der Waals surface area contributed by atoms with E-state index in [1.165, 1.54) is 0 Å². The van der Waals surface area contributed by atoms with Crippen molar-refractivity contribution in [2.24, 2.45) is 11.1 Å². The third kappa shape index (κ3) is 8.57. The van der Waals surface area contributed by atoms with Gasteiger partial charge in [0.15, 0.2) is 0 Å². The van der Waals surface area contributed by atoms with E-state index in [2.05, 4.69) is 31.4 Å². The zero-order valence-electron chi connectivity index (χ0n) is 14.3. The second-order valence-electron chi connectivity index (χ2n) is 6.84. The Labute approximate surface area is 144 Å². The van der Waals surface area contributed by atoms with Crippen molar-refractivity contribution in [2.75, 3.05) is 13.1 Å². The maximum atomic E-state index is 12.0. The van der Waals surface area contributed by atoms with Gasteiger partial charge in [0, 0.05) is 30.3 Å². The normalized spacial score (nSPS) is 12.0. The molecule has 0 radical (unpaired) electrons. The lowest BCUT2D eigenvalue weighted by Gasteiger charge is -2.18. The molecule has 6 heteroatoms. The lowest BCUT2D eigenvalue weighted by atomic mass is 9.97. The highest BCUT2D eigenvalue weighted by Crippen LogP contribution is 2.11. The number of carbonyl (C=O) groups is 2. The number of nitrogens with two attached hydrogens (primary N) is 1. The smallest absolute Gasteiger partial charge is 0.251 e. The first kappa shape index (κ1) is 21.4. The Hall–Kier alpha value is -1.59. The summed E-state index contributed by atoms with van der Waals surface area (Å²) in [5, 5.41) is 5.69. The second kappa shape index (κ2) is 9.53. The van der Waals surface area contributed by atoms with Gasteiger partial charge >= 0.3 is 0 Å². The molecule has 4 N–H and O–H groups in total. The number of amides is 2. The summed E-state index contributed by atoms with van der Waals surface area (Å²) in [7, 11) is 0. The third-order valence-electron chi connectivity index (χ3n) is 3.07. The van der Waals surface area contributed by atoms with E-state index in [0.717, 1.165) is 6.42 Å². The van der Waals surface area contributed by atoms with Crippen LogP contribution in [0.5, 0.6) is 0 Å². The average molecular weight is 342 g/mol. The molecule has 23 heavy (non-hydrogen) atoms. The Bertz CT molecular complexity index is 508. The molecule has 1 aromatic rings. The minimum absolute atomic E-state index is 0. The highest BCUT2D eigenvalue weighted by Gasteiger charge is 2.13. The van der Waals surface area contributed by atoms with Crippen LogP contribution in [0.1, 0.15) is 54.8 Å². The fourth-order valence-corrected chi connectivity index (χ4v) is 1.74. The molecule has 130 valence electrons. The van der Waals surface area contributed by atoms with Gasteiger partial charge in [-0.3, -0.25) is 9.59 Å². The van der Waals surface area contributed by atoms with Crippen molar-refractivity contribution < 1.29 is 9.59 Å². The Morgan fingerprint density at radius 2 is 1.48 bits per heavy atom. The van der Waals surface area contributed by atoms with Gasteiger partial charge < -0.3 is 16.4 Å². The Kier molecular flexibility index (Phi) is 8.87. The molecule has 0 saturated heterocycles. The molecule has 0 aliphatic rings. The van der Waals surface area contributed by atoms with Crippen molar-refractivity contribution in [3.63, 3.8) is 0 Å². The lowest BCUT2D eigenvalue weighted by molar-refractivity contribution is 0.0932. The standard InChI is InChI=1S/C17H27N3O2.ClH/c1-12(18)9-10-19-15(21)13-5-7-14(8-6-13)16(22)20-11-17(2,3)4;/h5-8,12H,9-11,18H2,1-4H3,(H,19,21)(H,20,22);1H. The van der Waals surface area contributed by atoms with E-state index in [9.17, 15) is 9.59 Å². The first-order valence-electron chi connectivity index (χ1n) is 7.61. The molecule has 0 bridgehead atoms. The van der Waals surface area contributed by atoms with Crippen LogP contribution in [-0.2, 0) is 0 Å². The zero-order valence-corrected chi connectivity index (χ0v) is 15.1. The third-order valence-corrected chi connectivity index (χ3v) is 3.07. The first-order valence-corrected chi connectivity index (χ1v) is 7.61. The molecule has 0 heterocycles. The fourth-order valence-electron chi connectivity index (χ4n) is 1.74. The maximum absolute atomic E-state index is 12.0. The second-order valence-corrected chi connectivity index (χ2v) is 6.84. The number of benzene rings is 1. The molecule has 0 aromatic heterocycles. The molecular weight excluding hydrogens is 314 g/mol. The van der Waals surface area contributed by atoms with Gasteiger partial charge in [-0.25, -0.2) is 0 Å². The SMILES string of the molecule is CC(N)CCNC(=O)c1ccc(C(=O)NCC(C)(C)C)cc1.Cl. The molecule has 0 aliphatic carbocycles. The Morgan fingerprint density at radius 1 is 1.04 bits per heavy atom. The number of nitrogens with one attached hydrogen (secondary N) is 2. The number of hydrogen-bond acceptors (Lipinski definition) is 3. The van der Waals surface area contributed by atoms with Gasteiger partial charge in [0.2, 0.25) is 0 Å². The molecule has 1 rings (SSSR count). The van der Waals surface area contributed by atoms with Crippen molar-refractivity contribution in [3.05, 3.63) is 35.4 Å². The summed E-state index contributed by atoms with van der Waals surface area (Å²) in [6.45, 7) is 9.22. The highest BCUT2D eigenvalue weighted by molar-refractivity contribution is 5.97. The molecule has 1 unspecified atom stereocenters. The van der Waals surface area contributed by atoms with E-state index >= 15 is 0 Å². The van der Waals surface area contributed by atoms with Gasteiger partial charge in [-0.2, -0.15) is 0 Å². The summed E-state index contributed by atoms with van der Waals surface area (Å²) in [5.74, 6) is -0.277. The number of hydrogen-bond donors (Lipinski definition) is 3. The van der Waals surface area contributed by atoms with Crippen LogP contribution >= 0.6 is 12.4 Å².